The Labute approximate surface area is 94.3 Å². The SMILES string of the molecule is Nc1cc(-c2ccccc2N)ccc1CO. The summed E-state index contributed by atoms with van der Waals surface area (Å²) in [5.41, 5.74) is 15.7. The summed E-state index contributed by atoms with van der Waals surface area (Å²) in [5, 5.41) is 9.03. The molecule has 0 fully saturated rings. The molecule has 0 heterocycles. The van der Waals surface area contributed by atoms with E-state index in [0.29, 0.717) is 5.69 Å². The second-order valence-electron chi connectivity index (χ2n) is 3.66. The van der Waals surface area contributed by atoms with Crippen molar-refractivity contribution in [2.75, 3.05) is 11.5 Å². The number of benzene rings is 2. The fourth-order valence-electron chi connectivity index (χ4n) is 1.67. The van der Waals surface area contributed by atoms with Crippen molar-refractivity contribution in [3.8, 4) is 11.1 Å². The van der Waals surface area contributed by atoms with Gasteiger partial charge in [-0.15, -0.1) is 0 Å². The molecule has 0 aliphatic carbocycles. The van der Waals surface area contributed by atoms with Crippen LogP contribution in [0.4, 0.5) is 11.4 Å². The van der Waals surface area contributed by atoms with Crippen molar-refractivity contribution in [1.82, 2.24) is 0 Å². The molecule has 0 atom stereocenters. The van der Waals surface area contributed by atoms with Crippen LogP contribution in [-0.2, 0) is 6.61 Å². The molecule has 0 amide bonds. The predicted octanol–water partition coefficient (Wildman–Crippen LogP) is 2.01. The third-order valence-electron chi connectivity index (χ3n) is 2.59. The van der Waals surface area contributed by atoms with Gasteiger partial charge >= 0.3 is 0 Å². The second kappa shape index (κ2) is 4.24. The first-order valence-electron chi connectivity index (χ1n) is 5.06. The molecule has 0 unspecified atom stereocenters. The molecule has 2 aromatic rings. The Morgan fingerprint density at radius 1 is 0.938 bits per heavy atom. The largest absolute Gasteiger partial charge is 0.398 e. The molecule has 16 heavy (non-hydrogen) atoms. The molecule has 2 rings (SSSR count). The molecular formula is C13H14N2O. The first-order chi connectivity index (χ1) is 7.72. The summed E-state index contributed by atoms with van der Waals surface area (Å²) in [6.45, 7) is -0.0453. The van der Waals surface area contributed by atoms with Gasteiger partial charge in [0.15, 0.2) is 0 Å². The zero-order valence-electron chi connectivity index (χ0n) is 8.85. The number of aliphatic hydroxyl groups excluding tert-OH is 1. The average Bonchev–Trinajstić information content (AvgIpc) is 2.29. The highest BCUT2D eigenvalue weighted by Crippen LogP contribution is 2.28. The number of hydrogen-bond acceptors (Lipinski definition) is 3. The molecule has 0 spiro atoms. The number of aliphatic hydroxyl groups is 1. The summed E-state index contributed by atoms with van der Waals surface area (Å²) in [6.07, 6.45) is 0. The van der Waals surface area contributed by atoms with Crippen LogP contribution >= 0.6 is 0 Å². The first kappa shape index (κ1) is 10.5. The van der Waals surface area contributed by atoms with E-state index in [1.165, 1.54) is 0 Å². The summed E-state index contributed by atoms with van der Waals surface area (Å²) >= 11 is 0. The Kier molecular flexibility index (Phi) is 2.79. The van der Waals surface area contributed by atoms with Gasteiger partial charge in [-0.25, -0.2) is 0 Å². The first-order valence-corrected chi connectivity index (χ1v) is 5.06. The fraction of sp³-hybridized carbons (Fsp3) is 0.0769. The molecule has 82 valence electrons. The maximum Gasteiger partial charge on any atom is 0.0701 e. The van der Waals surface area contributed by atoms with Crippen LogP contribution < -0.4 is 11.5 Å². The van der Waals surface area contributed by atoms with E-state index in [9.17, 15) is 0 Å². The van der Waals surface area contributed by atoms with Crippen molar-refractivity contribution in [3.05, 3.63) is 48.0 Å². The summed E-state index contributed by atoms with van der Waals surface area (Å²) in [4.78, 5) is 0. The van der Waals surface area contributed by atoms with Crippen LogP contribution in [0.1, 0.15) is 5.56 Å². The number of hydrogen-bond donors (Lipinski definition) is 3. The Balaban J connectivity index is 2.50. The van der Waals surface area contributed by atoms with Crippen LogP contribution in [0.25, 0.3) is 11.1 Å². The third-order valence-corrected chi connectivity index (χ3v) is 2.59. The summed E-state index contributed by atoms with van der Waals surface area (Å²) in [6, 6.07) is 13.2. The Morgan fingerprint density at radius 2 is 1.69 bits per heavy atom. The van der Waals surface area contributed by atoms with Gasteiger partial charge in [-0.3, -0.25) is 0 Å². The van der Waals surface area contributed by atoms with Crippen molar-refractivity contribution in [2.45, 2.75) is 6.61 Å². The molecule has 0 aromatic heterocycles. The molecule has 0 bridgehead atoms. The second-order valence-corrected chi connectivity index (χ2v) is 3.66. The van der Waals surface area contributed by atoms with E-state index in [2.05, 4.69) is 0 Å². The van der Waals surface area contributed by atoms with Gasteiger partial charge in [0, 0.05) is 22.5 Å². The van der Waals surface area contributed by atoms with Gasteiger partial charge in [-0.2, -0.15) is 0 Å². The molecule has 3 heteroatoms. The summed E-state index contributed by atoms with van der Waals surface area (Å²) < 4.78 is 0. The Morgan fingerprint density at radius 3 is 2.31 bits per heavy atom. The Bertz CT molecular complexity index is 509. The van der Waals surface area contributed by atoms with Gasteiger partial charge in [-0.05, 0) is 17.7 Å². The lowest BCUT2D eigenvalue weighted by molar-refractivity contribution is 0.282. The third kappa shape index (κ3) is 1.85. The summed E-state index contributed by atoms with van der Waals surface area (Å²) in [7, 11) is 0. The van der Waals surface area contributed by atoms with E-state index in [0.717, 1.165) is 22.4 Å². The average molecular weight is 214 g/mol. The van der Waals surface area contributed by atoms with Crippen LogP contribution in [0.3, 0.4) is 0 Å². The van der Waals surface area contributed by atoms with Gasteiger partial charge in [0.1, 0.15) is 0 Å². The van der Waals surface area contributed by atoms with Crippen LogP contribution in [0.5, 0.6) is 0 Å². The lowest BCUT2D eigenvalue weighted by atomic mass is 10.0. The maximum atomic E-state index is 9.03. The fourth-order valence-corrected chi connectivity index (χ4v) is 1.67. The van der Waals surface area contributed by atoms with Crippen molar-refractivity contribution in [1.29, 1.82) is 0 Å². The molecule has 3 nitrogen and oxygen atoms in total. The minimum absolute atomic E-state index is 0.0453. The predicted molar refractivity (Wildman–Crippen MR) is 66.6 cm³/mol. The van der Waals surface area contributed by atoms with Gasteiger partial charge in [-0.1, -0.05) is 30.3 Å². The molecule has 0 aliphatic heterocycles. The highest BCUT2D eigenvalue weighted by molar-refractivity contribution is 5.78. The maximum absolute atomic E-state index is 9.03. The normalized spacial score (nSPS) is 10.3. The Hall–Kier alpha value is -2.00. The van der Waals surface area contributed by atoms with Gasteiger partial charge in [0.2, 0.25) is 0 Å². The van der Waals surface area contributed by atoms with E-state index in [1.807, 2.05) is 42.5 Å². The number of para-hydroxylation sites is 1. The van der Waals surface area contributed by atoms with Crippen LogP contribution in [0, 0.1) is 0 Å². The number of nitrogens with two attached hydrogens (primary N) is 2. The van der Waals surface area contributed by atoms with E-state index in [-0.39, 0.29) is 6.61 Å². The zero-order chi connectivity index (χ0) is 11.5. The van der Waals surface area contributed by atoms with Crippen molar-refractivity contribution in [2.24, 2.45) is 0 Å². The zero-order valence-corrected chi connectivity index (χ0v) is 8.85. The van der Waals surface area contributed by atoms with E-state index < -0.39 is 0 Å². The quantitative estimate of drug-likeness (QED) is 0.669. The highest BCUT2D eigenvalue weighted by Gasteiger charge is 2.04. The smallest absolute Gasteiger partial charge is 0.0701 e. The molecule has 0 aliphatic rings. The number of rotatable bonds is 2. The molecule has 0 radical (unpaired) electrons. The topological polar surface area (TPSA) is 72.3 Å². The van der Waals surface area contributed by atoms with Crippen molar-refractivity contribution in [3.63, 3.8) is 0 Å². The van der Waals surface area contributed by atoms with Crippen molar-refractivity contribution < 1.29 is 5.11 Å². The molecule has 0 saturated heterocycles. The monoisotopic (exact) mass is 214 g/mol. The minimum Gasteiger partial charge on any atom is -0.398 e. The van der Waals surface area contributed by atoms with E-state index in [4.69, 9.17) is 16.6 Å². The lowest BCUT2D eigenvalue weighted by Crippen LogP contribution is -1.95. The number of anilines is 2. The van der Waals surface area contributed by atoms with Gasteiger partial charge < -0.3 is 16.6 Å². The number of nitrogen functional groups attached to an aromatic ring is 2. The van der Waals surface area contributed by atoms with Crippen LogP contribution in [0.2, 0.25) is 0 Å². The molecule has 2 aromatic carbocycles. The molecule has 0 saturated carbocycles. The molecule has 5 N–H and O–H groups in total. The standard InChI is InChI=1S/C13H14N2O/c14-12-4-2-1-3-11(12)9-5-6-10(8-16)13(15)7-9/h1-7,16H,8,14-15H2. The van der Waals surface area contributed by atoms with Gasteiger partial charge in [0.25, 0.3) is 0 Å². The minimum atomic E-state index is -0.0453. The van der Waals surface area contributed by atoms with E-state index >= 15 is 0 Å². The van der Waals surface area contributed by atoms with E-state index in [1.54, 1.807) is 0 Å². The van der Waals surface area contributed by atoms with Crippen molar-refractivity contribution >= 4 is 11.4 Å². The summed E-state index contributed by atoms with van der Waals surface area (Å²) in [5.74, 6) is 0. The highest BCUT2D eigenvalue weighted by atomic mass is 16.3. The van der Waals surface area contributed by atoms with Gasteiger partial charge in [0.05, 0.1) is 6.61 Å². The van der Waals surface area contributed by atoms with Crippen LogP contribution in [-0.4, -0.2) is 5.11 Å². The molecular weight excluding hydrogens is 200 g/mol. The van der Waals surface area contributed by atoms with Crippen LogP contribution in [0.15, 0.2) is 42.5 Å². The lowest BCUT2D eigenvalue weighted by Gasteiger charge is -2.08.